The molecule has 0 saturated carbocycles. The molecule has 0 radical (unpaired) electrons. The first-order valence-corrected chi connectivity index (χ1v) is 10.4. The molecule has 0 aliphatic rings. The van der Waals surface area contributed by atoms with E-state index in [-0.39, 0.29) is 5.76 Å². The predicted octanol–water partition coefficient (Wildman–Crippen LogP) is 4.83. The Hall–Kier alpha value is -2.12. The molecule has 1 aromatic heterocycles. The Bertz CT molecular complexity index is 768. The molecule has 0 aliphatic carbocycles. The lowest BCUT2D eigenvalue weighted by atomic mass is 9.90. The van der Waals surface area contributed by atoms with Crippen molar-refractivity contribution < 1.29 is 19.1 Å². The lowest BCUT2D eigenvalue weighted by Gasteiger charge is -2.31. The number of anilines is 1. The summed E-state index contributed by atoms with van der Waals surface area (Å²) < 4.78 is 5.77. The molecule has 0 bridgehead atoms. The van der Waals surface area contributed by atoms with Gasteiger partial charge in [-0.25, -0.2) is 5.01 Å². The summed E-state index contributed by atoms with van der Waals surface area (Å²) in [5.74, 6) is -1.04. The molecular formula is C21H27BrN2O4. The number of rotatable bonds is 9. The van der Waals surface area contributed by atoms with Crippen LogP contribution in [0, 0.1) is 0 Å². The van der Waals surface area contributed by atoms with Gasteiger partial charge in [-0.15, -0.1) is 0 Å². The van der Waals surface area contributed by atoms with E-state index < -0.39 is 17.4 Å². The van der Waals surface area contributed by atoms with E-state index in [1.54, 1.807) is 30.3 Å². The summed E-state index contributed by atoms with van der Waals surface area (Å²) >= 11 is 3.18. The van der Waals surface area contributed by atoms with Crippen LogP contribution in [0.1, 0.15) is 62.9 Å². The van der Waals surface area contributed by atoms with Crippen LogP contribution in [0.3, 0.4) is 0 Å². The van der Waals surface area contributed by atoms with Gasteiger partial charge in [-0.2, -0.15) is 0 Å². The molecule has 28 heavy (non-hydrogen) atoms. The molecule has 1 aromatic carbocycles. The number of amides is 2. The van der Waals surface area contributed by atoms with Gasteiger partial charge >= 0.3 is 5.91 Å². The number of carbonyl (C=O) groups excluding carboxylic acids is 2. The van der Waals surface area contributed by atoms with Crippen LogP contribution >= 0.6 is 15.9 Å². The second kappa shape index (κ2) is 10.4. The third kappa shape index (κ3) is 5.69. The number of hydrogen-bond donors (Lipinski definition) is 2. The second-order valence-corrected chi connectivity index (χ2v) is 7.54. The average Bonchev–Trinajstić information content (AvgIpc) is 3.15. The van der Waals surface area contributed by atoms with Crippen LogP contribution in [0.2, 0.25) is 0 Å². The number of unbranched alkanes of at least 4 members (excludes halogenated alkanes) is 2. The first kappa shape index (κ1) is 22.2. The number of benzene rings is 1. The minimum atomic E-state index is -1.52. The number of hydrazine groups is 1. The molecule has 0 aliphatic heterocycles. The van der Waals surface area contributed by atoms with E-state index in [9.17, 15) is 14.7 Å². The van der Waals surface area contributed by atoms with Crippen molar-refractivity contribution in [2.24, 2.45) is 0 Å². The van der Waals surface area contributed by atoms with Gasteiger partial charge in [0, 0.05) is 0 Å². The number of carbonyl (C=O) groups is 2. The Labute approximate surface area is 174 Å². The zero-order valence-corrected chi connectivity index (χ0v) is 17.9. The molecule has 0 spiro atoms. The van der Waals surface area contributed by atoms with Gasteiger partial charge < -0.3 is 9.52 Å². The maximum absolute atomic E-state index is 13.0. The fourth-order valence-electron chi connectivity index (χ4n) is 2.85. The summed E-state index contributed by atoms with van der Waals surface area (Å²) in [6, 6.07) is 11.9. The minimum absolute atomic E-state index is 0.0710. The Balaban J connectivity index is 2.29. The van der Waals surface area contributed by atoms with E-state index in [0.29, 0.717) is 23.2 Å². The summed E-state index contributed by atoms with van der Waals surface area (Å²) in [7, 11) is 0. The Kier molecular flexibility index (Phi) is 8.26. The molecule has 0 atom stereocenters. The highest BCUT2D eigenvalue weighted by Gasteiger charge is 2.37. The Morgan fingerprint density at radius 1 is 1.07 bits per heavy atom. The zero-order chi connectivity index (χ0) is 20.6. The first-order chi connectivity index (χ1) is 13.4. The second-order valence-electron chi connectivity index (χ2n) is 6.76. The van der Waals surface area contributed by atoms with Gasteiger partial charge in [0.05, 0.1) is 5.69 Å². The lowest BCUT2D eigenvalue weighted by molar-refractivity contribution is -0.141. The van der Waals surface area contributed by atoms with Crippen LogP contribution in [0.5, 0.6) is 0 Å². The van der Waals surface area contributed by atoms with Crippen molar-refractivity contribution in [3.63, 3.8) is 0 Å². The van der Waals surface area contributed by atoms with Crippen LogP contribution < -0.4 is 10.4 Å². The molecule has 0 unspecified atom stereocenters. The van der Waals surface area contributed by atoms with E-state index in [1.165, 1.54) is 6.07 Å². The van der Waals surface area contributed by atoms with Crippen molar-refractivity contribution in [1.29, 1.82) is 0 Å². The molecule has 7 heteroatoms. The molecule has 2 amide bonds. The number of nitrogens with one attached hydrogen (secondary N) is 1. The van der Waals surface area contributed by atoms with Crippen molar-refractivity contribution in [2.75, 3.05) is 5.01 Å². The van der Waals surface area contributed by atoms with Crippen molar-refractivity contribution in [2.45, 2.75) is 58.0 Å². The van der Waals surface area contributed by atoms with Gasteiger partial charge in [0.15, 0.2) is 10.4 Å². The zero-order valence-electron chi connectivity index (χ0n) is 16.3. The van der Waals surface area contributed by atoms with E-state index in [2.05, 4.69) is 21.4 Å². The first-order valence-electron chi connectivity index (χ1n) is 9.59. The predicted molar refractivity (Wildman–Crippen MR) is 112 cm³/mol. The fourth-order valence-corrected chi connectivity index (χ4v) is 3.15. The topological polar surface area (TPSA) is 82.8 Å². The third-order valence-electron chi connectivity index (χ3n) is 4.53. The van der Waals surface area contributed by atoms with Crippen molar-refractivity contribution >= 4 is 33.4 Å². The highest BCUT2D eigenvalue weighted by Crippen LogP contribution is 2.24. The average molecular weight is 451 g/mol. The number of aliphatic hydroxyl groups is 1. The van der Waals surface area contributed by atoms with Gasteiger partial charge in [-0.3, -0.25) is 15.0 Å². The maximum Gasteiger partial charge on any atom is 0.312 e. The molecular weight excluding hydrogens is 424 g/mol. The van der Waals surface area contributed by atoms with E-state index in [1.807, 2.05) is 19.9 Å². The van der Waals surface area contributed by atoms with Gasteiger partial charge in [0.2, 0.25) is 0 Å². The quantitative estimate of drug-likeness (QED) is 0.535. The highest BCUT2D eigenvalue weighted by molar-refractivity contribution is 9.10. The van der Waals surface area contributed by atoms with Crippen LogP contribution in [0.25, 0.3) is 0 Å². The van der Waals surface area contributed by atoms with Gasteiger partial charge in [-0.05, 0) is 53.0 Å². The van der Waals surface area contributed by atoms with Crippen LogP contribution in [-0.4, -0.2) is 22.5 Å². The number of hydrogen-bond acceptors (Lipinski definition) is 4. The standard InChI is InChI=1S/C21H27BrN2O4/c1-3-5-14-21(27,15-6-4-2)20(26)23-24(16-10-8-7-9-11-16)19(25)17-12-13-18(22)28-17/h7-13,27H,3-6,14-15H2,1-2H3,(H,23,26). The largest absolute Gasteiger partial charge is 0.444 e. The summed E-state index contributed by atoms with van der Waals surface area (Å²) in [6.07, 6.45) is 3.86. The summed E-state index contributed by atoms with van der Waals surface area (Å²) in [5.41, 5.74) is 1.57. The lowest BCUT2D eigenvalue weighted by Crippen LogP contribution is -2.55. The Morgan fingerprint density at radius 2 is 1.68 bits per heavy atom. The molecule has 0 saturated heterocycles. The Morgan fingerprint density at radius 3 is 2.18 bits per heavy atom. The van der Waals surface area contributed by atoms with E-state index >= 15 is 0 Å². The summed E-state index contributed by atoms with van der Waals surface area (Å²) in [6.45, 7) is 4.01. The smallest absolute Gasteiger partial charge is 0.312 e. The van der Waals surface area contributed by atoms with Crippen molar-refractivity contribution in [3.05, 3.63) is 52.9 Å². The molecule has 2 aromatic rings. The molecule has 2 N–H and O–H groups in total. The fraction of sp³-hybridized carbons (Fsp3) is 0.429. The maximum atomic E-state index is 13.0. The molecule has 6 nitrogen and oxygen atoms in total. The third-order valence-corrected chi connectivity index (χ3v) is 4.95. The molecule has 1 heterocycles. The minimum Gasteiger partial charge on any atom is -0.444 e. The van der Waals surface area contributed by atoms with Crippen molar-refractivity contribution in [1.82, 2.24) is 5.43 Å². The molecule has 152 valence electrons. The van der Waals surface area contributed by atoms with Gasteiger partial charge in [0.1, 0.15) is 5.60 Å². The SMILES string of the molecule is CCCCC(O)(CCCC)C(=O)NN(C(=O)c1ccc(Br)o1)c1ccccc1. The number of para-hydroxylation sites is 1. The van der Waals surface area contributed by atoms with E-state index in [4.69, 9.17) is 4.42 Å². The van der Waals surface area contributed by atoms with Crippen LogP contribution in [0.4, 0.5) is 5.69 Å². The van der Waals surface area contributed by atoms with Gasteiger partial charge in [0.25, 0.3) is 5.91 Å². The molecule has 0 fully saturated rings. The normalized spacial score (nSPS) is 11.3. The summed E-state index contributed by atoms with van der Waals surface area (Å²) in [4.78, 5) is 26.0. The van der Waals surface area contributed by atoms with Gasteiger partial charge in [-0.1, -0.05) is 57.7 Å². The monoisotopic (exact) mass is 450 g/mol. The van der Waals surface area contributed by atoms with Crippen LogP contribution in [-0.2, 0) is 4.79 Å². The molecule has 2 rings (SSSR count). The van der Waals surface area contributed by atoms with Crippen molar-refractivity contribution in [3.8, 4) is 0 Å². The van der Waals surface area contributed by atoms with E-state index in [0.717, 1.165) is 30.7 Å². The highest BCUT2D eigenvalue weighted by atomic mass is 79.9. The summed E-state index contributed by atoms with van der Waals surface area (Å²) in [5, 5.41) is 12.1. The number of halogens is 1. The van der Waals surface area contributed by atoms with Crippen LogP contribution in [0.15, 0.2) is 51.6 Å². The number of nitrogens with zero attached hydrogens (tertiary/aromatic N) is 1. The number of furan rings is 1.